The molecule has 170 valence electrons. The number of nitrogens with one attached hydrogen (secondary N) is 3. The summed E-state index contributed by atoms with van der Waals surface area (Å²) in [5, 5.41) is 21.5. The van der Waals surface area contributed by atoms with E-state index in [-0.39, 0.29) is 33.9 Å². The summed E-state index contributed by atoms with van der Waals surface area (Å²) < 4.78 is 27.9. The van der Waals surface area contributed by atoms with Crippen molar-refractivity contribution in [2.75, 3.05) is 10.0 Å². The number of amides is 1. The number of sulfonamides is 1. The number of benzene rings is 3. The predicted molar refractivity (Wildman–Crippen MR) is 127 cm³/mol. The Morgan fingerprint density at radius 2 is 1.74 bits per heavy atom. The van der Waals surface area contributed by atoms with Crippen LogP contribution < -0.4 is 10.0 Å². The first-order chi connectivity index (χ1) is 16.3. The normalized spacial score (nSPS) is 11.0. The van der Waals surface area contributed by atoms with Crippen LogP contribution in [0.25, 0.3) is 10.9 Å². The lowest BCUT2D eigenvalue weighted by molar-refractivity contribution is 0.0698. The number of carboxylic acid groups (broad SMARTS) is 1. The monoisotopic (exact) mass is 474 g/mol. The van der Waals surface area contributed by atoms with E-state index in [4.69, 9.17) is 5.26 Å². The van der Waals surface area contributed by atoms with Gasteiger partial charge in [0.15, 0.2) is 0 Å². The Bertz CT molecular complexity index is 1550. The number of carbonyl (C=O) groups is 2. The fourth-order valence-corrected chi connectivity index (χ4v) is 4.66. The van der Waals surface area contributed by atoms with Gasteiger partial charge in [-0.2, -0.15) is 5.26 Å². The molecule has 0 atom stereocenters. The molecule has 1 aromatic heterocycles. The lowest BCUT2D eigenvalue weighted by Crippen LogP contribution is -2.16. The van der Waals surface area contributed by atoms with Crippen molar-refractivity contribution in [3.05, 3.63) is 95.2 Å². The molecule has 9 nitrogen and oxygen atoms in total. The summed E-state index contributed by atoms with van der Waals surface area (Å²) in [4.78, 5) is 27.2. The summed E-state index contributed by atoms with van der Waals surface area (Å²) in [6.45, 7) is 0. The van der Waals surface area contributed by atoms with Crippen LogP contribution in [0.15, 0.2) is 72.8 Å². The summed E-state index contributed by atoms with van der Waals surface area (Å²) in [6.07, 6.45) is 0. The molecule has 3 aromatic carbocycles. The molecule has 34 heavy (non-hydrogen) atoms. The molecular formula is C24H18N4O5S. The Labute approximate surface area is 194 Å². The van der Waals surface area contributed by atoms with E-state index in [2.05, 4.69) is 15.0 Å². The van der Waals surface area contributed by atoms with E-state index in [1.54, 1.807) is 48.5 Å². The molecule has 1 amide bonds. The van der Waals surface area contributed by atoms with Gasteiger partial charge in [0.25, 0.3) is 5.91 Å². The molecule has 0 aliphatic rings. The highest BCUT2D eigenvalue weighted by atomic mass is 32.2. The molecule has 0 saturated heterocycles. The van der Waals surface area contributed by atoms with E-state index >= 15 is 0 Å². The number of para-hydroxylation sites is 1. The molecule has 0 radical (unpaired) electrons. The number of aromatic nitrogens is 1. The summed E-state index contributed by atoms with van der Waals surface area (Å²) in [5.41, 5.74) is 1.36. The minimum Gasteiger partial charge on any atom is -0.478 e. The largest absolute Gasteiger partial charge is 0.478 e. The number of carbonyl (C=O) groups excluding carboxylic acids is 1. The van der Waals surface area contributed by atoms with Crippen molar-refractivity contribution in [1.29, 1.82) is 5.26 Å². The highest BCUT2D eigenvalue weighted by Crippen LogP contribution is 2.26. The third kappa shape index (κ3) is 4.90. The van der Waals surface area contributed by atoms with Crippen molar-refractivity contribution in [2.24, 2.45) is 0 Å². The maximum absolute atomic E-state index is 12.8. The lowest BCUT2D eigenvalue weighted by atomic mass is 10.1. The molecule has 0 aliphatic heterocycles. The van der Waals surface area contributed by atoms with Gasteiger partial charge in [-0.15, -0.1) is 0 Å². The van der Waals surface area contributed by atoms with Crippen molar-refractivity contribution >= 4 is 44.2 Å². The Hall–Kier alpha value is -4.62. The van der Waals surface area contributed by atoms with Crippen molar-refractivity contribution in [2.45, 2.75) is 5.75 Å². The zero-order chi connectivity index (χ0) is 24.3. The quantitative estimate of drug-likeness (QED) is 0.318. The maximum Gasteiger partial charge on any atom is 0.337 e. The van der Waals surface area contributed by atoms with Gasteiger partial charge in [-0.25, -0.2) is 13.2 Å². The zero-order valence-electron chi connectivity index (χ0n) is 17.6. The highest BCUT2D eigenvalue weighted by molar-refractivity contribution is 7.91. The highest BCUT2D eigenvalue weighted by Gasteiger charge is 2.18. The molecule has 1 heterocycles. The van der Waals surface area contributed by atoms with E-state index in [0.29, 0.717) is 16.5 Å². The lowest BCUT2D eigenvalue weighted by Gasteiger charge is -2.09. The molecule has 4 N–H and O–H groups in total. The number of hydrogen-bond donors (Lipinski definition) is 4. The Kier molecular flexibility index (Phi) is 6.03. The van der Waals surface area contributed by atoms with Crippen LogP contribution in [-0.2, 0) is 15.8 Å². The molecule has 0 unspecified atom stereocenters. The maximum atomic E-state index is 12.8. The molecule has 0 fully saturated rings. The number of nitrogens with zero attached hydrogens (tertiary/aromatic N) is 1. The van der Waals surface area contributed by atoms with Crippen LogP contribution in [0.1, 0.15) is 32.0 Å². The van der Waals surface area contributed by atoms with Gasteiger partial charge in [0.1, 0.15) is 5.69 Å². The third-order valence-electron chi connectivity index (χ3n) is 4.99. The van der Waals surface area contributed by atoms with Crippen LogP contribution in [0, 0.1) is 11.3 Å². The Morgan fingerprint density at radius 3 is 2.44 bits per heavy atom. The fraction of sp³-hybridized carbons (Fsp3) is 0.0417. The zero-order valence-corrected chi connectivity index (χ0v) is 18.4. The van der Waals surface area contributed by atoms with Gasteiger partial charge in [-0.1, -0.05) is 42.5 Å². The SMILES string of the molecule is N#Cc1ccc(NC(=O)c2cc3cccc(NS(=O)(=O)Cc4ccccc4)c3[nH]2)c(C(=O)O)c1. The summed E-state index contributed by atoms with van der Waals surface area (Å²) in [7, 11) is -3.72. The van der Waals surface area contributed by atoms with Gasteiger partial charge in [0.2, 0.25) is 10.0 Å². The van der Waals surface area contributed by atoms with E-state index in [1.165, 1.54) is 24.3 Å². The number of rotatable bonds is 7. The minimum atomic E-state index is -3.72. The summed E-state index contributed by atoms with van der Waals surface area (Å²) in [6, 6.07) is 21.0. The van der Waals surface area contributed by atoms with Crippen molar-refractivity contribution in [3.63, 3.8) is 0 Å². The number of aromatic carboxylic acids is 1. The summed E-state index contributed by atoms with van der Waals surface area (Å²) >= 11 is 0. The van der Waals surface area contributed by atoms with Crippen LogP contribution in [-0.4, -0.2) is 30.4 Å². The van der Waals surface area contributed by atoms with Crippen molar-refractivity contribution in [1.82, 2.24) is 4.98 Å². The molecule has 10 heteroatoms. The van der Waals surface area contributed by atoms with Crippen LogP contribution in [0.5, 0.6) is 0 Å². The number of anilines is 2. The molecule has 4 aromatic rings. The molecule has 4 rings (SSSR count). The van der Waals surface area contributed by atoms with Crippen LogP contribution >= 0.6 is 0 Å². The second-order valence-corrected chi connectivity index (χ2v) is 9.15. The van der Waals surface area contributed by atoms with Crippen molar-refractivity contribution in [3.8, 4) is 6.07 Å². The van der Waals surface area contributed by atoms with Crippen LogP contribution in [0.2, 0.25) is 0 Å². The average Bonchev–Trinajstić information content (AvgIpc) is 3.25. The Morgan fingerprint density at radius 1 is 0.971 bits per heavy atom. The van der Waals surface area contributed by atoms with Gasteiger partial charge in [0, 0.05) is 5.39 Å². The van der Waals surface area contributed by atoms with Gasteiger partial charge in [-0.3, -0.25) is 9.52 Å². The number of aromatic amines is 1. The van der Waals surface area contributed by atoms with Crippen molar-refractivity contribution < 1.29 is 23.1 Å². The smallest absolute Gasteiger partial charge is 0.337 e. The first-order valence-electron chi connectivity index (χ1n) is 10.0. The summed E-state index contributed by atoms with van der Waals surface area (Å²) in [5.74, 6) is -2.13. The van der Waals surface area contributed by atoms with Gasteiger partial charge in [0.05, 0.1) is 39.8 Å². The van der Waals surface area contributed by atoms with Gasteiger partial charge < -0.3 is 15.4 Å². The van der Waals surface area contributed by atoms with E-state index in [1.807, 2.05) is 6.07 Å². The minimum absolute atomic E-state index is 0.0268. The standard InChI is InChI=1S/C24H18N4O5S/c25-13-16-9-10-19(18(11-16)24(30)31)27-23(29)21-12-17-7-4-8-20(22(17)26-21)28-34(32,33)14-15-5-2-1-3-6-15/h1-12,26,28H,14H2,(H,27,29)(H,30,31). The number of hydrogen-bond acceptors (Lipinski definition) is 5. The van der Waals surface area contributed by atoms with E-state index in [0.717, 1.165) is 0 Å². The van der Waals surface area contributed by atoms with E-state index in [9.17, 15) is 23.1 Å². The molecule has 0 bridgehead atoms. The van der Waals surface area contributed by atoms with Crippen LogP contribution in [0.3, 0.4) is 0 Å². The van der Waals surface area contributed by atoms with E-state index < -0.39 is 21.9 Å². The van der Waals surface area contributed by atoms with Crippen LogP contribution in [0.4, 0.5) is 11.4 Å². The van der Waals surface area contributed by atoms with Gasteiger partial charge >= 0.3 is 5.97 Å². The molecular weight excluding hydrogens is 456 g/mol. The second-order valence-electron chi connectivity index (χ2n) is 7.43. The number of H-pyrrole nitrogens is 1. The predicted octanol–water partition coefficient (Wildman–Crippen LogP) is 3.93. The fourth-order valence-electron chi connectivity index (χ4n) is 3.45. The van der Waals surface area contributed by atoms with Gasteiger partial charge in [-0.05, 0) is 35.9 Å². The molecule has 0 aliphatic carbocycles. The Balaban J connectivity index is 1.60. The third-order valence-corrected chi connectivity index (χ3v) is 6.24. The topological polar surface area (TPSA) is 152 Å². The average molecular weight is 474 g/mol. The first kappa shape index (κ1) is 22.6. The molecule has 0 saturated carbocycles. The number of carboxylic acids is 1. The number of fused-ring (bicyclic) bond motifs is 1. The number of nitriles is 1. The second kappa shape index (κ2) is 9.09. The first-order valence-corrected chi connectivity index (χ1v) is 11.7. The molecule has 0 spiro atoms.